The van der Waals surface area contributed by atoms with E-state index in [1.165, 1.54) is 11.4 Å². The monoisotopic (exact) mass is 445 g/mol. The lowest BCUT2D eigenvalue weighted by Gasteiger charge is -2.23. The first kappa shape index (κ1) is 22.9. The van der Waals surface area contributed by atoms with E-state index < -0.39 is 16.1 Å². The van der Waals surface area contributed by atoms with Gasteiger partial charge in [-0.3, -0.25) is 4.79 Å². The van der Waals surface area contributed by atoms with Crippen molar-refractivity contribution < 1.29 is 23.2 Å². The third-order valence-corrected chi connectivity index (χ3v) is 6.96. The summed E-state index contributed by atoms with van der Waals surface area (Å²) in [6, 6.07) is 15.4. The number of amides is 1. The standard InChI is InChI=1S/C22H27N3O5S/c1-30-24-19-15-21(22(27)23-13-5-6-14-26)25(16-19)31(28,29)20-11-9-18(10-12-20)17-7-3-2-4-8-17/h2-4,7-12,21,26H,5-6,13-16H2,1H3,(H,23,27)/b24-19+/t21-/m0/s1. The van der Waals surface area contributed by atoms with Crippen molar-refractivity contribution in [3.8, 4) is 11.1 Å². The summed E-state index contributed by atoms with van der Waals surface area (Å²) in [4.78, 5) is 17.6. The molecule has 1 aliphatic rings. The van der Waals surface area contributed by atoms with E-state index in [0.717, 1.165) is 11.1 Å². The number of carbonyl (C=O) groups excluding carboxylic acids is 1. The topological polar surface area (TPSA) is 108 Å². The van der Waals surface area contributed by atoms with Gasteiger partial charge >= 0.3 is 0 Å². The molecule has 1 saturated heterocycles. The smallest absolute Gasteiger partial charge is 0.244 e. The van der Waals surface area contributed by atoms with Gasteiger partial charge in [-0.15, -0.1) is 0 Å². The number of oxime groups is 1. The van der Waals surface area contributed by atoms with E-state index in [9.17, 15) is 13.2 Å². The van der Waals surface area contributed by atoms with Crippen LogP contribution in [0.25, 0.3) is 11.1 Å². The molecule has 1 heterocycles. The number of hydrogen-bond donors (Lipinski definition) is 2. The van der Waals surface area contributed by atoms with Gasteiger partial charge in [-0.2, -0.15) is 4.31 Å². The maximum atomic E-state index is 13.3. The molecule has 0 saturated carbocycles. The van der Waals surface area contributed by atoms with Gasteiger partial charge in [0.15, 0.2) is 0 Å². The largest absolute Gasteiger partial charge is 0.399 e. The predicted octanol–water partition coefficient (Wildman–Crippen LogP) is 2.01. The van der Waals surface area contributed by atoms with Crippen LogP contribution >= 0.6 is 0 Å². The van der Waals surface area contributed by atoms with E-state index in [4.69, 9.17) is 9.94 Å². The number of nitrogens with zero attached hydrogens (tertiary/aromatic N) is 2. The molecular formula is C22H27N3O5S. The van der Waals surface area contributed by atoms with E-state index in [0.29, 0.717) is 25.1 Å². The zero-order valence-electron chi connectivity index (χ0n) is 17.4. The summed E-state index contributed by atoms with van der Waals surface area (Å²) in [6.45, 7) is 0.404. The molecule has 0 aromatic heterocycles. The van der Waals surface area contributed by atoms with Gasteiger partial charge in [0.05, 0.1) is 17.2 Å². The fraction of sp³-hybridized carbons (Fsp3) is 0.364. The number of aliphatic hydroxyl groups is 1. The van der Waals surface area contributed by atoms with Crippen molar-refractivity contribution in [3.05, 3.63) is 54.6 Å². The molecule has 2 aromatic carbocycles. The minimum Gasteiger partial charge on any atom is -0.399 e. The number of unbranched alkanes of at least 4 members (excludes halogenated alkanes) is 1. The molecule has 0 radical (unpaired) electrons. The number of nitrogens with one attached hydrogen (secondary N) is 1. The van der Waals surface area contributed by atoms with E-state index in [2.05, 4.69) is 10.5 Å². The molecule has 8 nitrogen and oxygen atoms in total. The molecule has 2 N–H and O–H groups in total. The summed E-state index contributed by atoms with van der Waals surface area (Å²) in [5, 5.41) is 15.5. The number of carbonyl (C=O) groups is 1. The Morgan fingerprint density at radius 3 is 2.45 bits per heavy atom. The van der Waals surface area contributed by atoms with Crippen LogP contribution < -0.4 is 5.32 Å². The quantitative estimate of drug-likeness (QED) is 0.453. The molecule has 0 bridgehead atoms. The Bertz CT molecular complexity index is 1010. The van der Waals surface area contributed by atoms with Crippen molar-refractivity contribution in [2.24, 2.45) is 5.16 Å². The first-order valence-corrected chi connectivity index (χ1v) is 11.6. The summed E-state index contributed by atoms with van der Waals surface area (Å²) in [5.74, 6) is -0.385. The van der Waals surface area contributed by atoms with E-state index in [-0.39, 0.29) is 30.4 Å². The fourth-order valence-corrected chi connectivity index (χ4v) is 5.08. The fourth-order valence-electron chi connectivity index (χ4n) is 3.50. The Labute approximate surface area is 182 Å². The van der Waals surface area contributed by atoms with Crippen LogP contribution in [-0.2, 0) is 19.7 Å². The molecule has 1 amide bonds. The highest BCUT2D eigenvalue weighted by molar-refractivity contribution is 7.89. The van der Waals surface area contributed by atoms with Gasteiger partial charge in [0, 0.05) is 19.6 Å². The number of benzene rings is 2. The van der Waals surface area contributed by atoms with Crippen LogP contribution in [0.2, 0.25) is 0 Å². The van der Waals surface area contributed by atoms with Gasteiger partial charge in [0.1, 0.15) is 13.2 Å². The maximum Gasteiger partial charge on any atom is 0.244 e. The van der Waals surface area contributed by atoms with Gasteiger partial charge in [-0.1, -0.05) is 47.6 Å². The molecule has 3 rings (SSSR count). The first-order chi connectivity index (χ1) is 15.0. The molecule has 1 fully saturated rings. The Kier molecular flexibility index (Phi) is 7.78. The predicted molar refractivity (Wildman–Crippen MR) is 118 cm³/mol. The number of aliphatic hydroxyl groups excluding tert-OH is 1. The molecule has 0 aliphatic carbocycles. The summed E-state index contributed by atoms with van der Waals surface area (Å²) in [6.07, 6.45) is 1.35. The lowest BCUT2D eigenvalue weighted by molar-refractivity contribution is -0.124. The van der Waals surface area contributed by atoms with Crippen LogP contribution in [-0.4, -0.2) is 62.3 Å². The van der Waals surface area contributed by atoms with Crippen molar-refractivity contribution in [2.75, 3.05) is 26.8 Å². The van der Waals surface area contributed by atoms with Gasteiger partial charge < -0.3 is 15.3 Å². The van der Waals surface area contributed by atoms with Gasteiger partial charge in [-0.25, -0.2) is 8.42 Å². The third kappa shape index (κ3) is 5.49. The van der Waals surface area contributed by atoms with Crippen LogP contribution in [0.1, 0.15) is 19.3 Å². The molecule has 1 atom stereocenters. The molecule has 9 heteroatoms. The zero-order valence-corrected chi connectivity index (χ0v) is 18.2. The van der Waals surface area contributed by atoms with Crippen LogP contribution in [0.15, 0.2) is 64.6 Å². The lowest BCUT2D eigenvalue weighted by Crippen LogP contribution is -2.46. The normalized spacial score (nSPS) is 18.3. The Hall–Kier alpha value is -2.75. The van der Waals surface area contributed by atoms with Crippen molar-refractivity contribution in [3.63, 3.8) is 0 Å². The van der Waals surface area contributed by atoms with E-state index in [1.807, 2.05) is 30.3 Å². The van der Waals surface area contributed by atoms with Gasteiger partial charge in [0.25, 0.3) is 0 Å². The summed E-state index contributed by atoms with van der Waals surface area (Å²) >= 11 is 0. The highest BCUT2D eigenvalue weighted by Crippen LogP contribution is 2.27. The van der Waals surface area contributed by atoms with Gasteiger partial charge in [0.2, 0.25) is 15.9 Å². The van der Waals surface area contributed by atoms with Crippen molar-refractivity contribution in [2.45, 2.75) is 30.2 Å². The van der Waals surface area contributed by atoms with E-state index in [1.54, 1.807) is 24.3 Å². The molecule has 0 unspecified atom stereocenters. The van der Waals surface area contributed by atoms with Crippen molar-refractivity contribution in [1.82, 2.24) is 9.62 Å². The third-order valence-electron chi connectivity index (χ3n) is 5.09. The molecule has 166 valence electrons. The average Bonchev–Trinajstić information content (AvgIpc) is 3.22. The molecular weight excluding hydrogens is 418 g/mol. The van der Waals surface area contributed by atoms with Crippen LogP contribution in [0.3, 0.4) is 0 Å². The molecule has 31 heavy (non-hydrogen) atoms. The molecule has 2 aromatic rings. The Morgan fingerprint density at radius 1 is 1.13 bits per heavy atom. The van der Waals surface area contributed by atoms with Gasteiger partial charge in [-0.05, 0) is 36.1 Å². The summed E-state index contributed by atoms with van der Waals surface area (Å²) in [5.41, 5.74) is 2.38. The Morgan fingerprint density at radius 2 is 1.81 bits per heavy atom. The van der Waals surface area contributed by atoms with Crippen molar-refractivity contribution >= 4 is 21.6 Å². The van der Waals surface area contributed by atoms with E-state index >= 15 is 0 Å². The second-order valence-corrected chi connectivity index (χ2v) is 9.11. The molecule has 0 spiro atoms. The minimum atomic E-state index is -3.92. The highest BCUT2D eigenvalue weighted by Gasteiger charge is 2.42. The Balaban J connectivity index is 1.82. The summed E-state index contributed by atoms with van der Waals surface area (Å²) < 4.78 is 27.9. The SMILES string of the molecule is CO/N=C1\C[C@@H](C(=O)NCCCCO)N(S(=O)(=O)c2ccc(-c3ccccc3)cc2)C1. The van der Waals surface area contributed by atoms with Crippen LogP contribution in [0, 0.1) is 0 Å². The second-order valence-electron chi connectivity index (χ2n) is 7.22. The number of rotatable bonds is 9. The lowest BCUT2D eigenvalue weighted by atomic mass is 10.1. The highest BCUT2D eigenvalue weighted by atomic mass is 32.2. The number of hydrogen-bond acceptors (Lipinski definition) is 6. The maximum absolute atomic E-state index is 13.3. The average molecular weight is 446 g/mol. The number of sulfonamides is 1. The van der Waals surface area contributed by atoms with Crippen molar-refractivity contribution in [1.29, 1.82) is 0 Å². The minimum absolute atomic E-state index is 0.00859. The first-order valence-electron chi connectivity index (χ1n) is 10.1. The van der Waals surface area contributed by atoms with Crippen LogP contribution in [0.5, 0.6) is 0 Å². The summed E-state index contributed by atoms with van der Waals surface area (Å²) in [7, 11) is -2.54. The second kappa shape index (κ2) is 10.5. The molecule has 1 aliphatic heterocycles. The van der Waals surface area contributed by atoms with Crippen LogP contribution in [0.4, 0.5) is 0 Å². The zero-order chi connectivity index (χ0) is 22.3.